The molecule has 2 saturated heterocycles. The van der Waals surface area contributed by atoms with Crippen molar-refractivity contribution in [3.8, 4) is 0 Å². The highest BCUT2D eigenvalue weighted by atomic mass is 32.2. The number of nitrogens with zero attached hydrogens (tertiary/aromatic N) is 1. The number of carbonyl (C=O) groups excluding carboxylic acids is 2. The lowest BCUT2D eigenvalue weighted by molar-refractivity contribution is -0.130. The van der Waals surface area contributed by atoms with Gasteiger partial charge in [0.1, 0.15) is 0 Å². The fourth-order valence-electron chi connectivity index (χ4n) is 3.10. The number of amides is 2. The molecule has 2 amide bonds. The highest BCUT2D eigenvalue weighted by Crippen LogP contribution is 2.27. The van der Waals surface area contributed by atoms with Gasteiger partial charge in [-0.2, -0.15) is 0 Å². The van der Waals surface area contributed by atoms with Crippen LogP contribution in [-0.4, -0.2) is 61.3 Å². The van der Waals surface area contributed by atoms with Crippen molar-refractivity contribution in [2.45, 2.75) is 45.2 Å². The van der Waals surface area contributed by atoms with Crippen LogP contribution < -0.4 is 11.1 Å². The van der Waals surface area contributed by atoms with Gasteiger partial charge in [0.15, 0.2) is 9.84 Å². The second-order valence-electron chi connectivity index (χ2n) is 7.27. The van der Waals surface area contributed by atoms with E-state index in [1.54, 1.807) is 4.90 Å². The van der Waals surface area contributed by atoms with Crippen LogP contribution in [0.3, 0.4) is 0 Å². The molecule has 0 aliphatic carbocycles. The minimum Gasteiger partial charge on any atom is -0.349 e. The molecule has 132 valence electrons. The number of hydrogen-bond acceptors (Lipinski definition) is 5. The lowest BCUT2D eigenvalue weighted by atomic mass is 9.87. The highest BCUT2D eigenvalue weighted by Gasteiger charge is 2.43. The summed E-state index contributed by atoms with van der Waals surface area (Å²) in [4.78, 5) is 26.2. The summed E-state index contributed by atoms with van der Waals surface area (Å²) in [6.45, 7) is 6.49. The van der Waals surface area contributed by atoms with Gasteiger partial charge in [-0.25, -0.2) is 8.42 Å². The van der Waals surface area contributed by atoms with Crippen molar-refractivity contribution >= 4 is 21.7 Å². The molecule has 0 saturated carbocycles. The lowest BCUT2D eigenvalue weighted by Crippen LogP contribution is -2.56. The van der Waals surface area contributed by atoms with Crippen LogP contribution in [0.1, 0.15) is 33.6 Å². The minimum absolute atomic E-state index is 0.0135. The van der Waals surface area contributed by atoms with Crippen LogP contribution in [0.4, 0.5) is 0 Å². The van der Waals surface area contributed by atoms with E-state index in [0.29, 0.717) is 19.5 Å². The number of nitrogens with one attached hydrogen (secondary N) is 1. The summed E-state index contributed by atoms with van der Waals surface area (Å²) < 4.78 is 23.2. The molecule has 7 nitrogen and oxygen atoms in total. The average Bonchev–Trinajstić information content (AvgIpc) is 3.01. The molecule has 3 unspecified atom stereocenters. The standard InChI is InChI=1S/C15H27N3O4S/c1-10(2)15(3,9-16)17-14(20)11-6-13(19)18(7-11)12-4-5-23(21,22)8-12/h10-12H,4-9,16H2,1-3H3,(H,17,20). The van der Waals surface area contributed by atoms with Crippen LogP contribution >= 0.6 is 0 Å². The van der Waals surface area contributed by atoms with Gasteiger partial charge in [-0.15, -0.1) is 0 Å². The van der Waals surface area contributed by atoms with E-state index in [1.165, 1.54) is 0 Å². The van der Waals surface area contributed by atoms with Gasteiger partial charge in [0.25, 0.3) is 0 Å². The van der Waals surface area contributed by atoms with Gasteiger partial charge in [-0.1, -0.05) is 13.8 Å². The third-order valence-electron chi connectivity index (χ3n) is 5.29. The molecule has 0 radical (unpaired) electrons. The molecule has 2 aliphatic heterocycles. The Balaban J connectivity index is 2.01. The predicted octanol–water partition coefficient (Wildman–Crippen LogP) is -0.488. The monoisotopic (exact) mass is 345 g/mol. The first-order chi connectivity index (χ1) is 10.6. The Morgan fingerprint density at radius 2 is 2.13 bits per heavy atom. The molecule has 3 N–H and O–H groups in total. The summed E-state index contributed by atoms with van der Waals surface area (Å²) >= 11 is 0. The number of carbonyl (C=O) groups is 2. The van der Waals surface area contributed by atoms with E-state index in [0.717, 1.165) is 0 Å². The van der Waals surface area contributed by atoms with E-state index in [1.807, 2.05) is 20.8 Å². The zero-order chi connectivity index (χ0) is 17.4. The maximum atomic E-state index is 12.5. The SMILES string of the molecule is CC(C)C(C)(CN)NC(=O)C1CC(=O)N(C2CCS(=O)(=O)C2)C1. The van der Waals surface area contributed by atoms with Crippen LogP contribution in [0, 0.1) is 11.8 Å². The van der Waals surface area contributed by atoms with Crippen molar-refractivity contribution in [1.29, 1.82) is 0 Å². The molecule has 0 aromatic heterocycles. The summed E-state index contributed by atoms with van der Waals surface area (Å²) in [6.07, 6.45) is 0.607. The third kappa shape index (κ3) is 3.85. The Morgan fingerprint density at radius 3 is 2.61 bits per heavy atom. The zero-order valence-corrected chi connectivity index (χ0v) is 14.9. The molecule has 2 rings (SSSR count). The molecule has 0 aromatic rings. The summed E-state index contributed by atoms with van der Waals surface area (Å²) in [5.74, 6) is -0.439. The van der Waals surface area contributed by atoms with Crippen LogP contribution in [0.5, 0.6) is 0 Å². The molecular weight excluding hydrogens is 318 g/mol. The third-order valence-corrected chi connectivity index (χ3v) is 7.04. The fourth-order valence-corrected chi connectivity index (χ4v) is 4.83. The van der Waals surface area contributed by atoms with Crippen LogP contribution in [0.15, 0.2) is 0 Å². The Bertz CT molecular complexity index is 590. The number of sulfone groups is 1. The van der Waals surface area contributed by atoms with Crippen molar-refractivity contribution in [2.24, 2.45) is 17.6 Å². The smallest absolute Gasteiger partial charge is 0.225 e. The first-order valence-electron chi connectivity index (χ1n) is 8.10. The van der Waals surface area contributed by atoms with Gasteiger partial charge in [0, 0.05) is 25.6 Å². The van der Waals surface area contributed by atoms with E-state index in [4.69, 9.17) is 5.73 Å². The van der Waals surface area contributed by atoms with E-state index < -0.39 is 21.3 Å². The van der Waals surface area contributed by atoms with Crippen LogP contribution in [0.2, 0.25) is 0 Å². The van der Waals surface area contributed by atoms with E-state index >= 15 is 0 Å². The second-order valence-corrected chi connectivity index (χ2v) is 9.50. The fraction of sp³-hybridized carbons (Fsp3) is 0.867. The molecular formula is C15H27N3O4S. The topological polar surface area (TPSA) is 110 Å². The predicted molar refractivity (Wildman–Crippen MR) is 87.3 cm³/mol. The first-order valence-corrected chi connectivity index (χ1v) is 9.92. The number of rotatable bonds is 5. The zero-order valence-electron chi connectivity index (χ0n) is 14.0. The van der Waals surface area contributed by atoms with Crippen molar-refractivity contribution in [1.82, 2.24) is 10.2 Å². The normalized spacial score (nSPS) is 29.8. The van der Waals surface area contributed by atoms with E-state index in [-0.39, 0.29) is 41.7 Å². The Kier molecular flexibility index (Phi) is 5.06. The van der Waals surface area contributed by atoms with Crippen LogP contribution in [-0.2, 0) is 19.4 Å². The maximum Gasteiger partial charge on any atom is 0.225 e. The molecule has 3 atom stereocenters. The van der Waals surface area contributed by atoms with Gasteiger partial charge < -0.3 is 16.0 Å². The lowest BCUT2D eigenvalue weighted by Gasteiger charge is -2.34. The first kappa shape index (κ1) is 18.2. The van der Waals surface area contributed by atoms with E-state index in [9.17, 15) is 18.0 Å². The van der Waals surface area contributed by atoms with Gasteiger partial charge in [0.05, 0.1) is 23.0 Å². The summed E-state index contributed by atoms with van der Waals surface area (Å²) in [5, 5.41) is 2.97. The summed E-state index contributed by atoms with van der Waals surface area (Å²) in [7, 11) is -3.05. The molecule has 2 fully saturated rings. The van der Waals surface area contributed by atoms with E-state index in [2.05, 4.69) is 5.32 Å². The molecule has 0 spiro atoms. The molecule has 0 aromatic carbocycles. The highest BCUT2D eigenvalue weighted by molar-refractivity contribution is 7.91. The Hall–Kier alpha value is -1.15. The molecule has 8 heteroatoms. The average molecular weight is 345 g/mol. The minimum atomic E-state index is -3.05. The van der Waals surface area contributed by atoms with Gasteiger partial charge in [-0.3, -0.25) is 9.59 Å². The number of likely N-dealkylation sites (tertiary alicyclic amines) is 1. The number of nitrogens with two attached hydrogens (primary N) is 1. The number of hydrogen-bond donors (Lipinski definition) is 2. The van der Waals surface area contributed by atoms with Crippen molar-refractivity contribution in [3.63, 3.8) is 0 Å². The second kappa shape index (κ2) is 6.39. The molecule has 2 heterocycles. The van der Waals surface area contributed by atoms with Gasteiger partial charge in [0.2, 0.25) is 11.8 Å². The summed E-state index contributed by atoms with van der Waals surface area (Å²) in [6, 6.07) is -0.281. The van der Waals surface area contributed by atoms with Crippen LogP contribution in [0.25, 0.3) is 0 Å². The quantitative estimate of drug-likeness (QED) is 0.699. The molecule has 0 bridgehead atoms. The van der Waals surface area contributed by atoms with Gasteiger partial charge in [-0.05, 0) is 19.3 Å². The van der Waals surface area contributed by atoms with Gasteiger partial charge >= 0.3 is 0 Å². The molecule has 2 aliphatic rings. The Labute approximate surface area is 137 Å². The van der Waals surface area contributed by atoms with Crippen molar-refractivity contribution in [2.75, 3.05) is 24.6 Å². The van der Waals surface area contributed by atoms with Crippen molar-refractivity contribution in [3.05, 3.63) is 0 Å². The summed E-state index contributed by atoms with van der Waals surface area (Å²) in [5.41, 5.74) is 5.27. The largest absolute Gasteiger partial charge is 0.349 e. The molecule has 23 heavy (non-hydrogen) atoms. The Morgan fingerprint density at radius 1 is 1.48 bits per heavy atom. The van der Waals surface area contributed by atoms with Crippen molar-refractivity contribution < 1.29 is 18.0 Å². The maximum absolute atomic E-state index is 12.5.